The highest BCUT2D eigenvalue weighted by Gasteiger charge is 2.24. The number of nitrogens with one attached hydrogen (secondary N) is 1. The third-order valence-corrected chi connectivity index (χ3v) is 8.89. The molecule has 1 saturated carbocycles. The molecule has 6 nitrogen and oxygen atoms in total. The summed E-state index contributed by atoms with van der Waals surface area (Å²) in [5, 5.41) is 0.831. The fraction of sp³-hybridized carbons (Fsp3) is 0.720. The summed E-state index contributed by atoms with van der Waals surface area (Å²) in [5.74, 6) is 1.93. The molecule has 174 valence electrons. The Labute approximate surface area is 194 Å². The molecule has 2 aromatic heterocycles. The molecular weight excluding hydrogens is 420 g/mol. The quantitative estimate of drug-likeness (QED) is 0.705. The van der Waals surface area contributed by atoms with Gasteiger partial charge in [-0.05, 0) is 50.0 Å². The van der Waals surface area contributed by atoms with Gasteiger partial charge in [-0.25, -0.2) is 4.98 Å². The highest BCUT2D eigenvalue weighted by molar-refractivity contribution is 7.18. The molecule has 7 heteroatoms. The van der Waals surface area contributed by atoms with E-state index in [4.69, 9.17) is 4.98 Å². The van der Waals surface area contributed by atoms with Crippen LogP contribution in [0.2, 0.25) is 0 Å². The van der Waals surface area contributed by atoms with E-state index < -0.39 is 0 Å². The predicted molar refractivity (Wildman–Crippen MR) is 129 cm³/mol. The van der Waals surface area contributed by atoms with E-state index in [-0.39, 0.29) is 5.56 Å². The molecule has 1 aliphatic heterocycles. The Bertz CT molecular complexity index is 999. The molecule has 0 aromatic carbocycles. The van der Waals surface area contributed by atoms with E-state index in [1.165, 1.54) is 61.8 Å². The number of thiophene rings is 1. The normalized spacial score (nSPS) is 20.6. The average molecular weight is 457 g/mol. The molecule has 1 saturated heterocycles. The number of piperazine rings is 1. The zero-order valence-electron chi connectivity index (χ0n) is 19.2. The van der Waals surface area contributed by atoms with Crippen molar-refractivity contribution in [2.24, 2.45) is 5.92 Å². The highest BCUT2D eigenvalue weighted by atomic mass is 32.1. The first-order valence-electron chi connectivity index (χ1n) is 12.7. The number of H-pyrrole nitrogens is 1. The number of rotatable bonds is 6. The Morgan fingerprint density at radius 3 is 2.62 bits per heavy atom. The number of hydrogen-bond donors (Lipinski definition) is 1. The molecule has 0 spiro atoms. The first-order chi connectivity index (χ1) is 15.7. The maximum absolute atomic E-state index is 12.8. The summed E-state index contributed by atoms with van der Waals surface area (Å²) in [6, 6.07) is 0. The third-order valence-electron chi connectivity index (χ3n) is 7.70. The second-order valence-electron chi connectivity index (χ2n) is 9.96. The van der Waals surface area contributed by atoms with Crippen LogP contribution in [0.5, 0.6) is 0 Å². The SMILES string of the molecule is O=C(CCCC1CCCCC1)N1CCN(Cc2nc3sc4c(c3c(=O)[nH]2)CCCC4)CC1. The van der Waals surface area contributed by atoms with Crippen LogP contribution in [-0.4, -0.2) is 51.9 Å². The summed E-state index contributed by atoms with van der Waals surface area (Å²) < 4.78 is 0. The van der Waals surface area contributed by atoms with Gasteiger partial charge in [-0.1, -0.05) is 32.1 Å². The molecule has 3 heterocycles. The first kappa shape index (κ1) is 22.1. The largest absolute Gasteiger partial charge is 0.340 e. The average Bonchev–Trinajstić information content (AvgIpc) is 3.19. The lowest BCUT2D eigenvalue weighted by atomic mass is 9.86. The molecular formula is C25H36N4O2S. The maximum Gasteiger partial charge on any atom is 0.259 e. The summed E-state index contributed by atoms with van der Waals surface area (Å²) in [6.07, 6.45) is 14.3. The number of fused-ring (bicyclic) bond motifs is 3. The number of aromatic amines is 1. The van der Waals surface area contributed by atoms with Crippen molar-refractivity contribution in [1.82, 2.24) is 19.8 Å². The summed E-state index contributed by atoms with van der Waals surface area (Å²) >= 11 is 1.71. The van der Waals surface area contributed by atoms with E-state index >= 15 is 0 Å². The molecule has 2 fully saturated rings. The van der Waals surface area contributed by atoms with Gasteiger partial charge in [-0.15, -0.1) is 11.3 Å². The number of carbonyl (C=O) groups excluding carboxylic acids is 1. The summed E-state index contributed by atoms with van der Waals surface area (Å²) in [4.78, 5) is 39.9. The number of nitrogens with zero attached hydrogens (tertiary/aromatic N) is 3. The molecule has 32 heavy (non-hydrogen) atoms. The van der Waals surface area contributed by atoms with Crippen molar-refractivity contribution in [3.05, 3.63) is 26.6 Å². The Morgan fingerprint density at radius 2 is 1.81 bits per heavy atom. The predicted octanol–water partition coefficient (Wildman–Crippen LogP) is 4.26. The van der Waals surface area contributed by atoms with Gasteiger partial charge in [0.1, 0.15) is 10.7 Å². The van der Waals surface area contributed by atoms with Crippen molar-refractivity contribution < 1.29 is 4.79 Å². The van der Waals surface area contributed by atoms with E-state index in [1.807, 2.05) is 4.90 Å². The first-order valence-corrected chi connectivity index (χ1v) is 13.5. The number of aromatic nitrogens is 2. The fourth-order valence-corrected chi connectivity index (χ4v) is 7.11. The molecule has 0 radical (unpaired) electrons. The van der Waals surface area contributed by atoms with Gasteiger partial charge in [0.05, 0.1) is 11.9 Å². The molecule has 0 atom stereocenters. The van der Waals surface area contributed by atoms with Crippen molar-refractivity contribution in [2.75, 3.05) is 26.2 Å². The smallest absolute Gasteiger partial charge is 0.259 e. The minimum absolute atomic E-state index is 0.0242. The lowest BCUT2D eigenvalue weighted by Crippen LogP contribution is -2.48. The van der Waals surface area contributed by atoms with Crippen LogP contribution < -0.4 is 5.56 Å². The molecule has 5 rings (SSSR count). The number of hydrogen-bond acceptors (Lipinski definition) is 5. The summed E-state index contributed by atoms with van der Waals surface area (Å²) in [5.41, 5.74) is 1.27. The zero-order chi connectivity index (χ0) is 21.9. The van der Waals surface area contributed by atoms with Crippen molar-refractivity contribution in [2.45, 2.75) is 83.6 Å². The van der Waals surface area contributed by atoms with E-state index in [0.29, 0.717) is 18.9 Å². The molecule has 1 N–H and O–H groups in total. The Hall–Kier alpha value is -1.73. The van der Waals surface area contributed by atoms with Crippen molar-refractivity contribution in [1.29, 1.82) is 0 Å². The molecule has 2 aliphatic carbocycles. The van der Waals surface area contributed by atoms with Gasteiger partial charge in [-0.2, -0.15) is 0 Å². The van der Waals surface area contributed by atoms with E-state index in [1.54, 1.807) is 11.3 Å². The van der Waals surface area contributed by atoms with Gasteiger partial charge in [0.15, 0.2) is 0 Å². The van der Waals surface area contributed by atoms with Crippen LogP contribution in [0.15, 0.2) is 4.79 Å². The zero-order valence-corrected chi connectivity index (χ0v) is 20.0. The van der Waals surface area contributed by atoms with Crippen LogP contribution in [-0.2, 0) is 24.2 Å². The Kier molecular flexibility index (Phi) is 6.93. The van der Waals surface area contributed by atoms with Gasteiger partial charge < -0.3 is 9.88 Å². The lowest BCUT2D eigenvalue weighted by Gasteiger charge is -2.34. The monoisotopic (exact) mass is 456 g/mol. The molecule has 1 amide bonds. The highest BCUT2D eigenvalue weighted by Crippen LogP contribution is 2.33. The van der Waals surface area contributed by atoms with Gasteiger partial charge in [0.2, 0.25) is 5.91 Å². The molecule has 0 unspecified atom stereocenters. The van der Waals surface area contributed by atoms with Crippen LogP contribution in [0.4, 0.5) is 0 Å². The van der Waals surface area contributed by atoms with Crippen molar-refractivity contribution in [3.8, 4) is 0 Å². The van der Waals surface area contributed by atoms with E-state index in [0.717, 1.165) is 67.4 Å². The van der Waals surface area contributed by atoms with Gasteiger partial charge >= 0.3 is 0 Å². The molecule has 3 aliphatic rings. The van der Waals surface area contributed by atoms with Gasteiger partial charge in [0.25, 0.3) is 5.56 Å². The van der Waals surface area contributed by atoms with Crippen LogP contribution in [0.25, 0.3) is 10.2 Å². The fourth-order valence-electron chi connectivity index (χ4n) is 5.83. The maximum atomic E-state index is 12.8. The second-order valence-corrected chi connectivity index (χ2v) is 11.0. The third kappa shape index (κ3) is 4.93. The number of amides is 1. The number of aryl methyl sites for hydroxylation is 2. The van der Waals surface area contributed by atoms with Crippen molar-refractivity contribution >= 4 is 27.5 Å². The minimum atomic E-state index is 0.0242. The number of carbonyl (C=O) groups is 1. The lowest BCUT2D eigenvalue weighted by molar-refractivity contribution is -0.133. The summed E-state index contributed by atoms with van der Waals surface area (Å²) in [7, 11) is 0. The second kappa shape index (κ2) is 10.0. The Balaban J connectivity index is 1.12. The minimum Gasteiger partial charge on any atom is -0.340 e. The van der Waals surface area contributed by atoms with E-state index in [2.05, 4.69) is 9.88 Å². The standard InChI is InChI=1S/C25H36N4O2S/c30-22(12-6-9-18-7-2-1-3-8-18)29-15-13-28(14-16-29)17-21-26-24(31)23-19-10-4-5-11-20(19)32-25(23)27-21/h18H,1-17H2,(H,26,27,31). The summed E-state index contributed by atoms with van der Waals surface area (Å²) in [6.45, 7) is 3.90. The topological polar surface area (TPSA) is 69.3 Å². The molecule has 0 bridgehead atoms. The van der Waals surface area contributed by atoms with Crippen LogP contribution in [0.3, 0.4) is 0 Å². The van der Waals surface area contributed by atoms with Gasteiger partial charge in [0, 0.05) is 37.5 Å². The van der Waals surface area contributed by atoms with Crippen LogP contribution in [0, 0.1) is 5.92 Å². The van der Waals surface area contributed by atoms with Crippen LogP contribution >= 0.6 is 11.3 Å². The van der Waals surface area contributed by atoms with Crippen LogP contribution in [0.1, 0.15) is 80.5 Å². The van der Waals surface area contributed by atoms with E-state index in [9.17, 15) is 9.59 Å². The molecule has 2 aromatic rings. The van der Waals surface area contributed by atoms with Crippen molar-refractivity contribution in [3.63, 3.8) is 0 Å². The Morgan fingerprint density at radius 1 is 1.03 bits per heavy atom. The van der Waals surface area contributed by atoms with Gasteiger partial charge in [-0.3, -0.25) is 14.5 Å².